The molecule has 1 aliphatic heterocycles. The molecule has 1 saturated carbocycles. The first-order chi connectivity index (χ1) is 10.1. The minimum absolute atomic E-state index is 0.151. The van der Waals surface area contributed by atoms with E-state index in [1.54, 1.807) is 11.2 Å². The summed E-state index contributed by atoms with van der Waals surface area (Å²) in [6.45, 7) is 3.04. The molecule has 3 atom stereocenters. The van der Waals surface area contributed by atoms with E-state index < -0.39 is 0 Å². The summed E-state index contributed by atoms with van der Waals surface area (Å²) in [6.07, 6.45) is 5.29. The molecule has 21 heavy (non-hydrogen) atoms. The first kappa shape index (κ1) is 14.6. The fraction of sp³-hybridized carbons (Fsp3) is 0.688. The van der Waals surface area contributed by atoms with Crippen molar-refractivity contribution in [1.29, 1.82) is 0 Å². The highest BCUT2D eigenvalue weighted by atomic mass is 16.3. The fourth-order valence-corrected chi connectivity index (χ4v) is 3.77. The summed E-state index contributed by atoms with van der Waals surface area (Å²) in [5.41, 5.74) is 6.23. The number of hydrogen-bond donors (Lipinski definition) is 1. The number of rotatable bonds is 4. The molecule has 3 unspecified atom stereocenters. The van der Waals surface area contributed by atoms with Crippen molar-refractivity contribution in [2.45, 2.75) is 31.8 Å². The average Bonchev–Trinajstić information content (AvgIpc) is 3.08. The van der Waals surface area contributed by atoms with Gasteiger partial charge in [0.15, 0.2) is 0 Å². The standard InChI is InChI=1S/C16H25N3O2/c1-18(9-13-5-3-7-21-13)16(20)11-19-8-12-4-2-6-15(17)14(12)10-19/h3,5,7,12,14-15H,2,4,6,8-11,17H2,1H3. The minimum Gasteiger partial charge on any atom is -0.467 e. The lowest BCUT2D eigenvalue weighted by Crippen LogP contribution is -2.39. The minimum atomic E-state index is 0.151. The Hall–Kier alpha value is -1.33. The van der Waals surface area contributed by atoms with Crippen LogP contribution in [0.1, 0.15) is 25.0 Å². The van der Waals surface area contributed by atoms with Crippen LogP contribution in [0.25, 0.3) is 0 Å². The summed E-state index contributed by atoms with van der Waals surface area (Å²) in [6, 6.07) is 4.07. The monoisotopic (exact) mass is 291 g/mol. The first-order valence-corrected chi connectivity index (χ1v) is 7.88. The lowest BCUT2D eigenvalue weighted by molar-refractivity contribution is -0.131. The number of carbonyl (C=O) groups excluding carboxylic acids is 1. The second-order valence-corrected chi connectivity index (χ2v) is 6.54. The molecule has 1 saturated heterocycles. The van der Waals surface area contributed by atoms with Gasteiger partial charge in [0, 0.05) is 26.2 Å². The molecule has 5 nitrogen and oxygen atoms in total. The average molecular weight is 291 g/mol. The van der Waals surface area contributed by atoms with Gasteiger partial charge < -0.3 is 15.1 Å². The van der Waals surface area contributed by atoms with Gasteiger partial charge in [-0.15, -0.1) is 0 Å². The van der Waals surface area contributed by atoms with E-state index in [-0.39, 0.29) is 5.91 Å². The number of fused-ring (bicyclic) bond motifs is 1. The van der Waals surface area contributed by atoms with Crippen LogP contribution < -0.4 is 5.73 Å². The number of carbonyl (C=O) groups is 1. The van der Waals surface area contributed by atoms with Gasteiger partial charge in [0.25, 0.3) is 0 Å². The van der Waals surface area contributed by atoms with Gasteiger partial charge in [-0.2, -0.15) is 0 Å². The summed E-state index contributed by atoms with van der Waals surface area (Å²) in [5.74, 6) is 2.25. The topological polar surface area (TPSA) is 62.7 Å². The molecule has 0 aromatic carbocycles. The summed E-state index contributed by atoms with van der Waals surface area (Å²) >= 11 is 0. The van der Waals surface area contributed by atoms with Gasteiger partial charge in [-0.25, -0.2) is 0 Å². The Labute approximate surface area is 126 Å². The Morgan fingerprint density at radius 1 is 1.48 bits per heavy atom. The third-order valence-electron chi connectivity index (χ3n) is 4.99. The molecule has 3 rings (SSSR count). The number of nitrogens with two attached hydrogens (primary N) is 1. The molecule has 2 N–H and O–H groups in total. The Morgan fingerprint density at radius 3 is 3.05 bits per heavy atom. The summed E-state index contributed by atoms with van der Waals surface area (Å²) in [7, 11) is 1.83. The first-order valence-electron chi connectivity index (χ1n) is 7.88. The Morgan fingerprint density at radius 2 is 2.33 bits per heavy atom. The van der Waals surface area contributed by atoms with Gasteiger partial charge in [-0.3, -0.25) is 9.69 Å². The van der Waals surface area contributed by atoms with E-state index in [4.69, 9.17) is 10.2 Å². The van der Waals surface area contributed by atoms with Crippen molar-refractivity contribution in [2.75, 3.05) is 26.7 Å². The van der Waals surface area contributed by atoms with Crippen molar-refractivity contribution in [3.63, 3.8) is 0 Å². The van der Waals surface area contributed by atoms with E-state index >= 15 is 0 Å². The number of likely N-dealkylation sites (N-methyl/N-ethyl adjacent to an activating group) is 1. The maximum atomic E-state index is 12.3. The molecule has 5 heteroatoms. The number of furan rings is 1. The molecule has 1 aromatic heterocycles. The largest absolute Gasteiger partial charge is 0.467 e. The predicted octanol–water partition coefficient (Wildman–Crippen LogP) is 1.30. The van der Waals surface area contributed by atoms with Crippen LogP contribution in [0.5, 0.6) is 0 Å². The van der Waals surface area contributed by atoms with Crippen molar-refractivity contribution < 1.29 is 9.21 Å². The molecule has 1 amide bonds. The van der Waals surface area contributed by atoms with Gasteiger partial charge in [-0.05, 0) is 36.8 Å². The van der Waals surface area contributed by atoms with Crippen molar-refractivity contribution in [1.82, 2.24) is 9.80 Å². The molecule has 0 spiro atoms. The Kier molecular flexibility index (Phi) is 4.31. The highest BCUT2D eigenvalue weighted by molar-refractivity contribution is 5.78. The highest BCUT2D eigenvalue weighted by Crippen LogP contribution is 2.35. The van der Waals surface area contributed by atoms with Crippen LogP contribution in [0.4, 0.5) is 0 Å². The van der Waals surface area contributed by atoms with Crippen molar-refractivity contribution >= 4 is 5.91 Å². The lowest BCUT2D eigenvalue weighted by Gasteiger charge is -2.29. The molecule has 2 heterocycles. The zero-order chi connectivity index (χ0) is 14.8. The van der Waals surface area contributed by atoms with Crippen LogP contribution in [0.2, 0.25) is 0 Å². The lowest BCUT2D eigenvalue weighted by atomic mass is 9.78. The molecule has 2 aliphatic rings. The van der Waals surface area contributed by atoms with Crippen LogP contribution in [0.3, 0.4) is 0 Å². The molecule has 1 aromatic rings. The third kappa shape index (κ3) is 3.30. The molecule has 0 radical (unpaired) electrons. The van der Waals surface area contributed by atoms with E-state index in [0.29, 0.717) is 31.0 Å². The Balaban J connectivity index is 1.51. The van der Waals surface area contributed by atoms with Gasteiger partial charge in [0.2, 0.25) is 5.91 Å². The van der Waals surface area contributed by atoms with Crippen LogP contribution in [0.15, 0.2) is 22.8 Å². The zero-order valence-electron chi connectivity index (χ0n) is 12.7. The fourth-order valence-electron chi connectivity index (χ4n) is 3.77. The maximum Gasteiger partial charge on any atom is 0.236 e. The number of hydrogen-bond acceptors (Lipinski definition) is 4. The smallest absolute Gasteiger partial charge is 0.236 e. The molecule has 0 bridgehead atoms. The quantitative estimate of drug-likeness (QED) is 0.908. The van der Waals surface area contributed by atoms with Crippen LogP contribution >= 0.6 is 0 Å². The zero-order valence-corrected chi connectivity index (χ0v) is 12.7. The van der Waals surface area contributed by atoms with Gasteiger partial charge >= 0.3 is 0 Å². The second kappa shape index (κ2) is 6.20. The predicted molar refractivity (Wildman–Crippen MR) is 80.4 cm³/mol. The molecule has 116 valence electrons. The summed E-state index contributed by atoms with van der Waals surface area (Å²) in [4.78, 5) is 16.3. The number of amides is 1. The van der Waals surface area contributed by atoms with E-state index in [0.717, 1.165) is 25.3 Å². The normalized spacial score (nSPS) is 29.3. The van der Waals surface area contributed by atoms with E-state index in [1.807, 2.05) is 19.2 Å². The van der Waals surface area contributed by atoms with E-state index in [2.05, 4.69) is 4.90 Å². The molecular formula is C16H25N3O2. The molecule has 2 fully saturated rings. The highest BCUT2D eigenvalue weighted by Gasteiger charge is 2.39. The van der Waals surface area contributed by atoms with Crippen molar-refractivity contribution in [3.8, 4) is 0 Å². The summed E-state index contributed by atoms with van der Waals surface area (Å²) in [5, 5.41) is 0. The molecule has 1 aliphatic carbocycles. The van der Waals surface area contributed by atoms with E-state index in [9.17, 15) is 4.79 Å². The van der Waals surface area contributed by atoms with Crippen LogP contribution in [-0.2, 0) is 11.3 Å². The number of nitrogens with zero attached hydrogens (tertiary/aromatic N) is 2. The van der Waals surface area contributed by atoms with Crippen molar-refractivity contribution in [2.24, 2.45) is 17.6 Å². The SMILES string of the molecule is CN(Cc1ccco1)C(=O)CN1CC2CCCC(N)C2C1. The van der Waals surface area contributed by atoms with Gasteiger partial charge in [0.1, 0.15) is 5.76 Å². The number of likely N-dealkylation sites (tertiary alicyclic amines) is 1. The maximum absolute atomic E-state index is 12.3. The third-order valence-corrected chi connectivity index (χ3v) is 4.99. The summed E-state index contributed by atoms with van der Waals surface area (Å²) < 4.78 is 5.29. The van der Waals surface area contributed by atoms with E-state index in [1.165, 1.54) is 12.8 Å². The molecular weight excluding hydrogens is 266 g/mol. The van der Waals surface area contributed by atoms with Gasteiger partial charge in [-0.1, -0.05) is 6.42 Å². The van der Waals surface area contributed by atoms with Gasteiger partial charge in [0.05, 0.1) is 19.4 Å². The Bertz CT molecular complexity index is 474. The van der Waals surface area contributed by atoms with Crippen LogP contribution in [-0.4, -0.2) is 48.4 Å². The van der Waals surface area contributed by atoms with Crippen molar-refractivity contribution in [3.05, 3.63) is 24.2 Å². The second-order valence-electron chi connectivity index (χ2n) is 6.54. The van der Waals surface area contributed by atoms with Crippen LogP contribution in [0, 0.1) is 11.8 Å².